The molecule has 13 rings (SSSR count). The van der Waals surface area contributed by atoms with E-state index < -0.39 is 0 Å². The van der Waals surface area contributed by atoms with Gasteiger partial charge in [-0.05, 0) is 101 Å². The Balaban J connectivity index is 1.02. The maximum atomic E-state index is 6.56. The summed E-state index contributed by atoms with van der Waals surface area (Å²) >= 11 is 0. The number of benzene rings is 8. The first-order valence-corrected chi connectivity index (χ1v) is 20.8. The van der Waals surface area contributed by atoms with Gasteiger partial charge in [0.15, 0.2) is 5.82 Å². The summed E-state index contributed by atoms with van der Waals surface area (Å²) in [5, 5.41) is 5.87. The molecule has 278 valence electrons. The first kappa shape index (κ1) is 32.8. The van der Waals surface area contributed by atoms with Crippen LogP contribution in [0.15, 0.2) is 180 Å². The average Bonchev–Trinajstić information content (AvgIpc) is 4.08. The van der Waals surface area contributed by atoms with Crippen LogP contribution in [0, 0.1) is 0 Å². The Bertz CT molecular complexity index is 3500. The number of hydrogen-bond donors (Lipinski definition) is 0. The fraction of sp³-hybridized carbons (Fsp3) is 0.0909. The van der Waals surface area contributed by atoms with E-state index in [0.29, 0.717) is 0 Å². The van der Waals surface area contributed by atoms with Crippen molar-refractivity contribution in [3.8, 4) is 50.6 Å². The molecule has 0 aliphatic heterocycles. The quantitative estimate of drug-likeness (QED) is 0.180. The van der Waals surface area contributed by atoms with Crippen molar-refractivity contribution in [2.24, 2.45) is 0 Å². The molecule has 0 N–H and O–H groups in total. The molecule has 2 aliphatic rings. The second-order valence-electron chi connectivity index (χ2n) is 16.4. The lowest BCUT2D eigenvalue weighted by Gasteiger charge is -2.26. The minimum atomic E-state index is 0.0755. The van der Waals surface area contributed by atoms with Crippen LogP contribution in [0.2, 0.25) is 0 Å². The second kappa shape index (κ2) is 12.3. The Labute approximate surface area is 341 Å². The van der Waals surface area contributed by atoms with Crippen molar-refractivity contribution >= 4 is 54.6 Å². The summed E-state index contributed by atoms with van der Waals surface area (Å²) in [7, 11) is 0. The van der Waals surface area contributed by atoms with E-state index in [0.717, 1.165) is 72.3 Å². The monoisotopic (exact) mass is 755 g/mol. The molecule has 59 heavy (non-hydrogen) atoms. The summed E-state index contributed by atoms with van der Waals surface area (Å²) in [5.74, 6) is 0.719. The van der Waals surface area contributed by atoms with Crippen molar-refractivity contribution in [2.45, 2.75) is 31.1 Å². The van der Waals surface area contributed by atoms with E-state index in [1.807, 2.05) is 18.2 Å². The fourth-order valence-corrected chi connectivity index (χ4v) is 10.7. The highest BCUT2D eigenvalue weighted by atomic mass is 16.3. The van der Waals surface area contributed by atoms with Crippen molar-refractivity contribution in [1.29, 1.82) is 0 Å². The van der Waals surface area contributed by atoms with Gasteiger partial charge >= 0.3 is 0 Å². The molecule has 1 fully saturated rings. The molecule has 0 radical (unpaired) electrons. The highest BCUT2D eigenvalue weighted by Gasteiger charge is 2.45. The van der Waals surface area contributed by atoms with Crippen LogP contribution < -0.4 is 0 Å². The van der Waals surface area contributed by atoms with Gasteiger partial charge in [-0.2, -0.15) is 0 Å². The van der Waals surface area contributed by atoms with Gasteiger partial charge in [0.05, 0.1) is 22.2 Å². The lowest BCUT2D eigenvalue weighted by Crippen LogP contribution is -2.20. The van der Waals surface area contributed by atoms with Gasteiger partial charge in [-0.1, -0.05) is 128 Å². The van der Waals surface area contributed by atoms with Gasteiger partial charge < -0.3 is 8.98 Å². The van der Waals surface area contributed by atoms with Crippen molar-refractivity contribution in [2.75, 3.05) is 0 Å². The molecule has 0 bridgehead atoms. The molecule has 3 heterocycles. The number of hydrogen-bond acceptors (Lipinski definition) is 3. The molecular formula is C55H37N3O. The summed E-state index contributed by atoms with van der Waals surface area (Å²) in [4.78, 5) is 10.2. The third-order valence-corrected chi connectivity index (χ3v) is 13.4. The smallest absolute Gasteiger partial charge is 0.160 e. The molecule has 1 spiro atoms. The van der Waals surface area contributed by atoms with E-state index in [-0.39, 0.29) is 5.41 Å². The number of aromatic nitrogens is 3. The van der Waals surface area contributed by atoms with Crippen LogP contribution in [-0.2, 0) is 5.41 Å². The molecule has 1 saturated carbocycles. The fourth-order valence-electron chi connectivity index (χ4n) is 10.7. The number of fused-ring (bicyclic) bond motifs is 12. The molecule has 0 saturated heterocycles. The highest BCUT2D eigenvalue weighted by Crippen LogP contribution is 2.58. The van der Waals surface area contributed by atoms with Gasteiger partial charge in [0.25, 0.3) is 0 Å². The van der Waals surface area contributed by atoms with Crippen LogP contribution in [-0.4, -0.2) is 14.5 Å². The molecule has 0 unspecified atom stereocenters. The van der Waals surface area contributed by atoms with Gasteiger partial charge in [0, 0.05) is 54.7 Å². The Morgan fingerprint density at radius 3 is 2.05 bits per heavy atom. The maximum absolute atomic E-state index is 6.56. The summed E-state index contributed by atoms with van der Waals surface area (Å²) in [6, 6.07) is 63.6. The zero-order valence-electron chi connectivity index (χ0n) is 32.3. The SMILES string of the molecule is c1ccc(-c2nc(-c3ccc(-n4c5ccc(-c6cccc7c6oc6ccccc67)cc5c5cc6c(cc54)-c4ccccc4C64CCCC4)cc3)nc3ccccc23)cc1. The Morgan fingerprint density at radius 1 is 0.458 bits per heavy atom. The van der Waals surface area contributed by atoms with Crippen LogP contribution in [0.4, 0.5) is 0 Å². The predicted molar refractivity (Wildman–Crippen MR) is 242 cm³/mol. The normalized spacial score (nSPS) is 14.3. The molecule has 4 heteroatoms. The maximum Gasteiger partial charge on any atom is 0.160 e. The molecule has 11 aromatic rings. The number of nitrogens with zero attached hydrogens (tertiary/aromatic N) is 3. The third kappa shape index (κ3) is 4.71. The van der Waals surface area contributed by atoms with Gasteiger partial charge in [0.2, 0.25) is 0 Å². The minimum Gasteiger partial charge on any atom is -0.455 e. The first-order chi connectivity index (χ1) is 29.2. The largest absolute Gasteiger partial charge is 0.455 e. The number of furan rings is 1. The number of para-hydroxylation sites is 3. The van der Waals surface area contributed by atoms with Crippen LogP contribution in [0.5, 0.6) is 0 Å². The van der Waals surface area contributed by atoms with Crippen LogP contribution in [0.1, 0.15) is 36.8 Å². The van der Waals surface area contributed by atoms with E-state index >= 15 is 0 Å². The van der Waals surface area contributed by atoms with Crippen LogP contribution in [0.25, 0.3) is 105 Å². The molecule has 0 amide bonds. The van der Waals surface area contributed by atoms with E-state index in [2.05, 4.69) is 162 Å². The Hall–Kier alpha value is -7.30. The topological polar surface area (TPSA) is 43.9 Å². The molecule has 8 aromatic carbocycles. The zero-order valence-corrected chi connectivity index (χ0v) is 32.3. The van der Waals surface area contributed by atoms with E-state index in [9.17, 15) is 0 Å². The highest BCUT2D eigenvalue weighted by molar-refractivity contribution is 6.14. The molecule has 0 atom stereocenters. The molecule has 3 aromatic heterocycles. The predicted octanol–water partition coefficient (Wildman–Crippen LogP) is 14.5. The lowest BCUT2D eigenvalue weighted by molar-refractivity contribution is 0.550. The van der Waals surface area contributed by atoms with Crippen LogP contribution in [0.3, 0.4) is 0 Å². The first-order valence-electron chi connectivity index (χ1n) is 20.8. The number of rotatable bonds is 4. The van der Waals surface area contributed by atoms with E-state index in [1.165, 1.54) is 69.7 Å². The van der Waals surface area contributed by atoms with E-state index in [4.69, 9.17) is 14.4 Å². The molecule has 2 aliphatic carbocycles. The van der Waals surface area contributed by atoms with E-state index in [1.54, 1.807) is 0 Å². The van der Waals surface area contributed by atoms with Crippen molar-refractivity contribution in [3.63, 3.8) is 0 Å². The van der Waals surface area contributed by atoms with Gasteiger partial charge in [-0.3, -0.25) is 0 Å². The Morgan fingerprint density at radius 2 is 1.17 bits per heavy atom. The third-order valence-electron chi connectivity index (χ3n) is 13.4. The molecular weight excluding hydrogens is 719 g/mol. The zero-order chi connectivity index (χ0) is 38.7. The Kier molecular flexibility index (Phi) is 6.86. The summed E-state index contributed by atoms with van der Waals surface area (Å²) in [6.45, 7) is 0. The van der Waals surface area contributed by atoms with Crippen molar-refractivity contribution in [1.82, 2.24) is 14.5 Å². The minimum absolute atomic E-state index is 0.0755. The summed E-state index contributed by atoms with van der Waals surface area (Å²) in [5.41, 5.74) is 17.4. The van der Waals surface area contributed by atoms with Gasteiger partial charge in [-0.15, -0.1) is 0 Å². The lowest BCUT2D eigenvalue weighted by atomic mass is 9.76. The standard InChI is InChI=1S/C55H37N3O/c1-2-13-34(14-3-1)52-42-17-5-8-21-48(42)56-54(57-52)35-23-26-37(27-24-35)58-49-28-25-36(38-18-12-19-41-40-16-6-9-22-51(40)59-53(38)41)31-44(49)45-32-47-43(33-50(45)58)39-15-4-7-20-46(39)55(47)29-10-11-30-55/h1-9,12-28,31-33H,10-11,29-30H2. The van der Waals surface area contributed by atoms with Crippen LogP contribution >= 0.6 is 0 Å². The summed E-state index contributed by atoms with van der Waals surface area (Å²) in [6.07, 6.45) is 4.92. The van der Waals surface area contributed by atoms with Gasteiger partial charge in [-0.25, -0.2) is 9.97 Å². The van der Waals surface area contributed by atoms with Crippen molar-refractivity contribution in [3.05, 3.63) is 187 Å². The second-order valence-corrected chi connectivity index (χ2v) is 16.4. The average molecular weight is 756 g/mol. The molecule has 4 nitrogen and oxygen atoms in total. The van der Waals surface area contributed by atoms with Gasteiger partial charge in [0.1, 0.15) is 11.2 Å². The summed E-state index contributed by atoms with van der Waals surface area (Å²) < 4.78 is 9.02. The van der Waals surface area contributed by atoms with Crippen molar-refractivity contribution < 1.29 is 4.42 Å².